The van der Waals surface area contributed by atoms with Gasteiger partial charge < -0.3 is 5.11 Å². The molecule has 0 unspecified atom stereocenters. The van der Waals surface area contributed by atoms with E-state index in [0.29, 0.717) is 0 Å². The first-order chi connectivity index (χ1) is 13.7. The highest BCUT2D eigenvalue weighted by Gasteiger charge is 2.16. The second-order valence-electron chi connectivity index (χ2n) is 7.54. The van der Waals surface area contributed by atoms with Gasteiger partial charge in [-0.05, 0) is 65.8 Å². The van der Waals surface area contributed by atoms with Crippen molar-refractivity contribution < 1.29 is 5.11 Å². The molecule has 1 aliphatic heterocycles. The summed E-state index contributed by atoms with van der Waals surface area (Å²) in [5.41, 5.74) is 8.86. The van der Waals surface area contributed by atoms with Crippen molar-refractivity contribution in [2.45, 2.75) is 26.3 Å². The van der Waals surface area contributed by atoms with Gasteiger partial charge in [0.25, 0.3) is 0 Å². The van der Waals surface area contributed by atoms with Gasteiger partial charge in [0, 0.05) is 23.7 Å². The van der Waals surface area contributed by atoms with E-state index in [2.05, 4.69) is 54.3 Å². The van der Waals surface area contributed by atoms with E-state index in [0.717, 1.165) is 43.1 Å². The molecule has 4 rings (SSSR count). The zero-order valence-electron chi connectivity index (χ0n) is 16.3. The lowest BCUT2D eigenvalue weighted by atomic mass is 9.90. The van der Waals surface area contributed by atoms with Gasteiger partial charge in [0.2, 0.25) is 0 Å². The van der Waals surface area contributed by atoms with Gasteiger partial charge in [-0.25, -0.2) is 0 Å². The molecule has 1 aliphatic rings. The van der Waals surface area contributed by atoms with Crippen LogP contribution in [0.5, 0.6) is 0 Å². The van der Waals surface area contributed by atoms with Crippen LogP contribution in [0, 0.1) is 6.92 Å². The highest BCUT2D eigenvalue weighted by molar-refractivity contribution is 6.33. The van der Waals surface area contributed by atoms with Crippen molar-refractivity contribution in [3.63, 3.8) is 0 Å². The van der Waals surface area contributed by atoms with E-state index in [9.17, 15) is 5.11 Å². The molecule has 28 heavy (non-hydrogen) atoms. The molecule has 2 nitrogen and oxygen atoms in total. The Morgan fingerprint density at radius 1 is 0.929 bits per heavy atom. The molecule has 0 atom stereocenters. The van der Waals surface area contributed by atoms with Crippen LogP contribution in [0.1, 0.15) is 23.1 Å². The number of hydrogen-bond acceptors (Lipinski definition) is 2. The molecular weight excluding hydrogens is 366 g/mol. The number of aliphatic hydroxyl groups is 1. The minimum Gasteiger partial charge on any atom is -0.395 e. The third-order valence-corrected chi connectivity index (χ3v) is 6.08. The lowest BCUT2D eigenvalue weighted by molar-refractivity contribution is 0.192. The van der Waals surface area contributed by atoms with E-state index in [1.165, 1.54) is 33.4 Å². The van der Waals surface area contributed by atoms with Crippen molar-refractivity contribution in [1.82, 2.24) is 4.90 Å². The number of β-amino-alcohol motifs (C(OH)–C–C–N with tert-alkyl or cyclic N) is 1. The lowest BCUT2D eigenvalue weighted by Gasteiger charge is -2.19. The fraction of sp³-hybridized carbons (Fsp3) is 0.280. The fourth-order valence-electron chi connectivity index (χ4n) is 4.25. The number of benzene rings is 3. The maximum Gasteiger partial charge on any atom is 0.0558 e. The molecule has 3 heteroatoms. The van der Waals surface area contributed by atoms with Crippen molar-refractivity contribution in [3.8, 4) is 22.3 Å². The molecule has 1 N–H and O–H groups in total. The summed E-state index contributed by atoms with van der Waals surface area (Å²) in [6, 6.07) is 21.4. The molecular formula is C25H26ClNO. The molecule has 0 amide bonds. The average Bonchev–Trinajstić information content (AvgIpc) is 2.90. The molecule has 3 aromatic carbocycles. The number of rotatable bonds is 4. The molecule has 144 valence electrons. The lowest BCUT2D eigenvalue weighted by Crippen LogP contribution is -2.26. The summed E-state index contributed by atoms with van der Waals surface area (Å²) in [5, 5.41) is 10.1. The summed E-state index contributed by atoms with van der Waals surface area (Å²) >= 11 is 6.46. The molecule has 0 saturated carbocycles. The first-order valence-electron chi connectivity index (χ1n) is 9.97. The minimum absolute atomic E-state index is 0.224. The Morgan fingerprint density at radius 2 is 1.71 bits per heavy atom. The monoisotopic (exact) mass is 391 g/mol. The van der Waals surface area contributed by atoms with Gasteiger partial charge in [0.05, 0.1) is 6.61 Å². The molecule has 0 spiro atoms. The normalized spacial score (nSPS) is 14.5. The predicted octanol–water partition coefficient (Wildman–Crippen LogP) is 5.72. The number of aliphatic hydroxyl groups excluding tert-OH is 1. The van der Waals surface area contributed by atoms with E-state index in [1.807, 2.05) is 18.2 Å². The van der Waals surface area contributed by atoms with Crippen LogP contribution in [0.3, 0.4) is 0 Å². The Morgan fingerprint density at radius 3 is 2.54 bits per heavy atom. The van der Waals surface area contributed by atoms with Gasteiger partial charge in [-0.1, -0.05) is 66.2 Å². The molecule has 0 bridgehead atoms. The van der Waals surface area contributed by atoms with E-state index in [4.69, 9.17) is 11.6 Å². The number of fused-ring (bicyclic) bond motifs is 1. The molecule has 3 aromatic rings. The second-order valence-corrected chi connectivity index (χ2v) is 7.95. The fourth-order valence-corrected chi connectivity index (χ4v) is 4.48. The average molecular weight is 392 g/mol. The number of nitrogens with zero attached hydrogens (tertiary/aromatic N) is 1. The van der Waals surface area contributed by atoms with Gasteiger partial charge in [-0.2, -0.15) is 0 Å². The first-order valence-corrected chi connectivity index (χ1v) is 10.3. The van der Waals surface area contributed by atoms with Gasteiger partial charge in [0.15, 0.2) is 0 Å². The van der Waals surface area contributed by atoms with E-state index >= 15 is 0 Å². The molecule has 0 aromatic heterocycles. The van der Waals surface area contributed by atoms with Gasteiger partial charge >= 0.3 is 0 Å². The second kappa shape index (κ2) is 8.48. The van der Waals surface area contributed by atoms with Crippen molar-refractivity contribution in [3.05, 3.63) is 82.4 Å². The first kappa shape index (κ1) is 19.2. The summed E-state index contributed by atoms with van der Waals surface area (Å²) in [7, 11) is 0. The van der Waals surface area contributed by atoms with E-state index in [1.54, 1.807) is 0 Å². The smallest absolute Gasteiger partial charge is 0.0558 e. The Kier molecular flexibility index (Phi) is 5.82. The van der Waals surface area contributed by atoms with E-state index < -0.39 is 0 Å². The molecule has 0 fully saturated rings. The standard InChI is InChI=1S/C25H26ClNO/c1-18-22(8-4-9-23(18)24-7-2-3-10-25(24)26)20-11-12-21-17-27(14-15-28)13-5-6-19(21)16-20/h2-4,7-12,16,28H,5-6,13-15,17H2,1H3. The minimum atomic E-state index is 0.224. The highest BCUT2D eigenvalue weighted by atomic mass is 35.5. The van der Waals surface area contributed by atoms with Gasteiger partial charge in [-0.3, -0.25) is 4.90 Å². The molecule has 0 radical (unpaired) electrons. The third-order valence-electron chi connectivity index (χ3n) is 5.75. The van der Waals surface area contributed by atoms with E-state index in [-0.39, 0.29) is 6.61 Å². The van der Waals surface area contributed by atoms with Crippen molar-refractivity contribution in [2.24, 2.45) is 0 Å². The Balaban J connectivity index is 1.72. The maximum atomic E-state index is 9.27. The number of hydrogen-bond donors (Lipinski definition) is 1. The predicted molar refractivity (Wildman–Crippen MR) is 118 cm³/mol. The van der Waals surface area contributed by atoms with Crippen molar-refractivity contribution in [2.75, 3.05) is 19.7 Å². The zero-order valence-corrected chi connectivity index (χ0v) is 17.0. The van der Waals surface area contributed by atoms with Crippen LogP contribution >= 0.6 is 11.6 Å². The summed E-state index contributed by atoms with van der Waals surface area (Å²) < 4.78 is 0. The Labute approximate surface area is 172 Å². The maximum absolute atomic E-state index is 9.27. The summed E-state index contributed by atoms with van der Waals surface area (Å²) in [6.45, 7) is 5.13. The summed E-state index contributed by atoms with van der Waals surface area (Å²) in [4.78, 5) is 2.34. The number of halogens is 1. The van der Waals surface area contributed by atoms with Crippen LogP contribution in [0.2, 0.25) is 5.02 Å². The van der Waals surface area contributed by atoms with Crippen LogP contribution in [0.25, 0.3) is 22.3 Å². The largest absolute Gasteiger partial charge is 0.395 e. The summed E-state index contributed by atoms with van der Waals surface area (Å²) in [5.74, 6) is 0. The van der Waals surface area contributed by atoms with Crippen LogP contribution in [-0.4, -0.2) is 29.7 Å². The quantitative estimate of drug-likeness (QED) is 0.614. The number of aryl methyl sites for hydroxylation is 1. The SMILES string of the molecule is Cc1c(-c2ccc3c(c2)CCCN(CCO)C3)cccc1-c1ccccc1Cl. The van der Waals surface area contributed by atoms with Gasteiger partial charge in [-0.15, -0.1) is 0 Å². The topological polar surface area (TPSA) is 23.5 Å². The Bertz CT molecular complexity index is 982. The summed E-state index contributed by atoms with van der Waals surface area (Å²) in [6.07, 6.45) is 2.23. The molecule has 0 aliphatic carbocycles. The zero-order chi connectivity index (χ0) is 19.5. The molecule has 0 saturated heterocycles. The Hall–Kier alpha value is -2.13. The van der Waals surface area contributed by atoms with Crippen LogP contribution in [-0.2, 0) is 13.0 Å². The van der Waals surface area contributed by atoms with Gasteiger partial charge in [0.1, 0.15) is 0 Å². The van der Waals surface area contributed by atoms with Crippen LogP contribution < -0.4 is 0 Å². The third kappa shape index (κ3) is 3.86. The highest BCUT2D eigenvalue weighted by Crippen LogP contribution is 2.36. The van der Waals surface area contributed by atoms with Crippen LogP contribution in [0.15, 0.2) is 60.7 Å². The van der Waals surface area contributed by atoms with Crippen molar-refractivity contribution in [1.29, 1.82) is 0 Å². The molecule has 1 heterocycles. The van der Waals surface area contributed by atoms with Crippen LogP contribution in [0.4, 0.5) is 0 Å². The van der Waals surface area contributed by atoms with Crippen molar-refractivity contribution >= 4 is 11.6 Å².